The summed E-state index contributed by atoms with van der Waals surface area (Å²) in [5, 5.41) is 7.34. The molecule has 0 bridgehead atoms. The number of rotatable bonds is 3. The van der Waals surface area contributed by atoms with Crippen molar-refractivity contribution in [1.82, 2.24) is 20.0 Å². The van der Waals surface area contributed by atoms with E-state index >= 15 is 0 Å². The van der Waals surface area contributed by atoms with Gasteiger partial charge in [-0.1, -0.05) is 0 Å². The maximum absolute atomic E-state index is 12.6. The highest BCUT2D eigenvalue weighted by atomic mass is 16.2. The fourth-order valence-electron chi connectivity index (χ4n) is 4.40. The first-order chi connectivity index (χ1) is 12.6. The zero-order valence-corrected chi connectivity index (χ0v) is 15.1. The summed E-state index contributed by atoms with van der Waals surface area (Å²) in [7, 11) is 0. The Bertz CT molecular complexity index is 765. The van der Waals surface area contributed by atoms with Crippen molar-refractivity contribution in [1.29, 1.82) is 0 Å². The number of hydrogen-bond acceptors (Lipinski definition) is 4. The topological polar surface area (TPSA) is 84.3 Å². The fraction of sp³-hybridized carbons (Fsp3) is 0.684. The van der Waals surface area contributed by atoms with Crippen LogP contribution in [0.1, 0.15) is 43.4 Å². The second kappa shape index (κ2) is 7.21. The van der Waals surface area contributed by atoms with E-state index in [1.54, 1.807) is 10.7 Å². The lowest BCUT2D eigenvalue weighted by Crippen LogP contribution is -2.46. The van der Waals surface area contributed by atoms with E-state index in [-0.39, 0.29) is 23.3 Å². The molecule has 2 saturated heterocycles. The standard InChI is InChI=1S/C19H26N4O3/c24-17-10-15(4-7-20-17)19(26)22-8-5-13(6-9-22)12-23-18(25)11-14-2-1-3-16(14)21-23/h11,13,15H,1-10,12H2,(H,20,24). The third kappa shape index (κ3) is 3.52. The molecule has 140 valence electrons. The predicted molar refractivity (Wildman–Crippen MR) is 95.6 cm³/mol. The highest BCUT2D eigenvalue weighted by Gasteiger charge is 2.31. The van der Waals surface area contributed by atoms with E-state index in [4.69, 9.17) is 0 Å². The van der Waals surface area contributed by atoms with Gasteiger partial charge in [-0.25, -0.2) is 4.68 Å². The minimum Gasteiger partial charge on any atom is -0.356 e. The van der Waals surface area contributed by atoms with Crippen LogP contribution in [0, 0.1) is 11.8 Å². The minimum atomic E-state index is -0.165. The lowest BCUT2D eigenvalue weighted by atomic mass is 9.92. The molecule has 2 fully saturated rings. The average Bonchev–Trinajstić information content (AvgIpc) is 3.09. The molecule has 3 heterocycles. The van der Waals surface area contributed by atoms with Crippen LogP contribution in [0.15, 0.2) is 10.9 Å². The summed E-state index contributed by atoms with van der Waals surface area (Å²) in [5.41, 5.74) is 2.19. The molecule has 0 saturated carbocycles. The third-order valence-corrected chi connectivity index (χ3v) is 5.98. The van der Waals surface area contributed by atoms with Crippen molar-refractivity contribution in [3.05, 3.63) is 27.7 Å². The van der Waals surface area contributed by atoms with Crippen LogP contribution in [-0.2, 0) is 29.0 Å². The first-order valence-corrected chi connectivity index (χ1v) is 9.75. The number of nitrogens with zero attached hydrogens (tertiary/aromatic N) is 3. The summed E-state index contributed by atoms with van der Waals surface area (Å²) in [6, 6.07) is 1.75. The van der Waals surface area contributed by atoms with Crippen LogP contribution in [0.5, 0.6) is 0 Å². The molecule has 2 amide bonds. The molecular formula is C19H26N4O3. The number of carbonyl (C=O) groups is 2. The number of amides is 2. The zero-order valence-electron chi connectivity index (χ0n) is 15.1. The van der Waals surface area contributed by atoms with Crippen molar-refractivity contribution < 1.29 is 9.59 Å². The summed E-state index contributed by atoms with van der Waals surface area (Å²) in [6.45, 7) is 2.65. The van der Waals surface area contributed by atoms with Crippen molar-refractivity contribution in [2.45, 2.75) is 51.5 Å². The van der Waals surface area contributed by atoms with Gasteiger partial charge in [0.25, 0.3) is 5.56 Å². The molecule has 26 heavy (non-hydrogen) atoms. The highest BCUT2D eigenvalue weighted by Crippen LogP contribution is 2.23. The van der Waals surface area contributed by atoms with Gasteiger partial charge >= 0.3 is 0 Å². The molecule has 1 aromatic heterocycles. The number of fused-ring (bicyclic) bond motifs is 1. The second-order valence-corrected chi connectivity index (χ2v) is 7.80. The van der Waals surface area contributed by atoms with Crippen LogP contribution < -0.4 is 10.9 Å². The van der Waals surface area contributed by atoms with Crippen LogP contribution in [0.4, 0.5) is 0 Å². The molecule has 1 aliphatic carbocycles. The number of aryl methyl sites for hydroxylation is 2. The monoisotopic (exact) mass is 358 g/mol. The third-order valence-electron chi connectivity index (χ3n) is 5.98. The van der Waals surface area contributed by atoms with Gasteiger partial charge in [-0.15, -0.1) is 0 Å². The van der Waals surface area contributed by atoms with Gasteiger partial charge in [-0.2, -0.15) is 5.10 Å². The van der Waals surface area contributed by atoms with Gasteiger partial charge in [0.1, 0.15) is 0 Å². The van der Waals surface area contributed by atoms with Crippen molar-refractivity contribution in [3.8, 4) is 0 Å². The summed E-state index contributed by atoms with van der Waals surface area (Å²) in [5.74, 6) is 0.303. The summed E-state index contributed by atoms with van der Waals surface area (Å²) in [4.78, 5) is 38.3. The molecule has 4 rings (SSSR count). The van der Waals surface area contributed by atoms with Gasteiger partial charge in [0.15, 0.2) is 0 Å². The smallest absolute Gasteiger partial charge is 0.267 e. The largest absolute Gasteiger partial charge is 0.356 e. The SMILES string of the molecule is O=C1CC(C(=O)N2CCC(Cn3nc4c(cc3=O)CCC4)CC2)CCN1. The molecule has 2 aliphatic heterocycles. The van der Waals surface area contributed by atoms with Crippen molar-refractivity contribution in [3.63, 3.8) is 0 Å². The van der Waals surface area contributed by atoms with Crippen LogP contribution in [0.3, 0.4) is 0 Å². The molecule has 1 unspecified atom stereocenters. The van der Waals surface area contributed by atoms with Crippen LogP contribution in [0.25, 0.3) is 0 Å². The molecule has 7 heteroatoms. The van der Waals surface area contributed by atoms with E-state index in [2.05, 4.69) is 10.4 Å². The van der Waals surface area contributed by atoms with Crippen LogP contribution in [0.2, 0.25) is 0 Å². The number of piperidine rings is 2. The van der Waals surface area contributed by atoms with Gasteiger partial charge in [0.05, 0.1) is 5.69 Å². The van der Waals surface area contributed by atoms with E-state index < -0.39 is 0 Å². The molecule has 0 spiro atoms. The molecule has 7 nitrogen and oxygen atoms in total. The predicted octanol–water partition coefficient (Wildman–Crippen LogP) is 0.497. The number of nitrogens with one attached hydrogen (secondary N) is 1. The highest BCUT2D eigenvalue weighted by molar-refractivity contribution is 5.86. The molecule has 0 aromatic carbocycles. The lowest BCUT2D eigenvalue weighted by Gasteiger charge is -2.35. The Balaban J connectivity index is 1.33. The number of aromatic nitrogens is 2. The molecule has 1 atom stereocenters. The Hall–Kier alpha value is -2.18. The summed E-state index contributed by atoms with van der Waals surface area (Å²) < 4.78 is 1.62. The minimum absolute atomic E-state index is 0.00243. The van der Waals surface area contributed by atoms with Gasteiger partial charge in [-0.05, 0) is 50.0 Å². The second-order valence-electron chi connectivity index (χ2n) is 7.80. The van der Waals surface area contributed by atoms with Gasteiger partial charge < -0.3 is 10.2 Å². The van der Waals surface area contributed by atoms with Crippen molar-refractivity contribution in [2.75, 3.05) is 19.6 Å². The summed E-state index contributed by atoms with van der Waals surface area (Å²) >= 11 is 0. The maximum Gasteiger partial charge on any atom is 0.267 e. The van der Waals surface area contributed by atoms with E-state index in [1.165, 1.54) is 0 Å². The first kappa shape index (κ1) is 17.2. The molecule has 1 aromatic rings. The van der Waals surface area contributed by atoms with Gasteiger partial charge in [-0.3, -0.25) is 14.4 Å². The van der Waals surface area contributed by atoms with E-state index in [9.17, 15) is 14.4 Å². The first-order valence-electron chi connectivity index (χ1n) is 9.75. The van der Waals surface area contributed by atoms with Crippen LogP contribution in [-0.4, -0.2) is 46.1 Å². The normalized spacial score (nSPS) is 23.6. The number of hydrogen-bond donors (Lipinski definition) is 1. The van der Waals surface area contributed by atoms with Crippen molar-refractivity contribution >= 4 is 11.8 Å². The van der Waals surface area contributed by atoms with Crippen LogP contribution >= 0.6 is 0 Å². The quantitative estimate of drug-likeness (QED) is 0.853. The van der Waals surface area contributed by atoms with E-state index in [0.717, 1.165) is 49.8 Å². The Kier molecular flexibility index (Phi) is 4.78. The van der Waals surface area contributed by atoms with E-state index in [1.807, 2.05) is 4.90 Å². The number of carbonyl (C=O) groups excluding carboxylic acids is 2. The molecule has 1 N–H and O–H groups in total. The average molecular weight is 358 g/mol. The number of likely N-dealkylation sites (tertiary alicyclic amines) is 1. The Morgan fingerprint density at radius 2 is 2.00 bits per heavy atom. The molecule has 3 aliphatic rings. The molecular weight excluding hydrogens is 332 g/mol. The van der Waals surface area contributed by atoms with Gasteiger partial charge in [0.2, 0.25) is 11.8 Å². The Labute approximate surface area is 152 Å². The maximum atomic E-state index is 12.6. The zero-order chi connectivity index (χ0) is 18.1. The summed E-state index contributed by atoms with van der Waals surface area (Å²) in [6.07, 6.45) is 5.85. The molecule has 0 radical (unpaired) electrons. The Morgan fingerprint density at radius 3 is 2.77 bits per heavy atom. The van der Waals surface area contributed by atoms with Gasteiger partial charge in [0, 0.05) is 44.6 Å². The lowest BCUT2D eigenvalue weighted by molar-refractivity contribution is -0.141. The Morgan fingerprint density at radius 1 is 1.19 bits per heavy atom. The van der Waals surface area contributed by atoms with Crippen molar-refractivity contribution in [2.24, 2.45) is 11.8 Å². The fourth-order valence-corrected chi connectivity index (χ4v) is 4.40. The van der Waals surface area contributed by atoms with E-state index in [0.29, 0.717) is 38.5 Å².